The highest BCUT2D eigenvalue weighted by Crippen LogP contribution is 2.48. The molecule has 8 heteroatoms. The Morgan fingerprint density at radius 3 is 2.67 bits per heavy atom. The Labute approximate surface area is 171 Å². The molecule has 0 unspecified atom stereocenters. The van der Waals surface area contributed by atoms with Gasteiger partial charge in [-0.25, -0.2) is 0 Å². The maximum absolute atomic E-state index is 13.7. The summed E-state index contributed by atoms with van der Waals surface area (Å²) in [6.07, 6.45) is -4.28. The summed E-state index contributed by atoms with van der Waals surface area (Å²) in [4.78, 5) is 15.8. The number of anilines is 2. The molecule has 0 bridgehead atoms. The normalized spacial score (nSPS) is 25.9. The minimum atomic E-state index is -4.44. The van der Waals surface area contributed by atoms with E-state index in [9.17, 15) is 18.0 Å². The number of alkyl halides is 3. The first-order valence-corrected chi connectivity index (χ1v) is 9.82. The van der Waals surface area contributed by atoms with Crippen LogP contribution in [0.2, 0.25) is 0 Å². The van der Waals surface area contributed by atoms with Crippen molar-refractivity contribution in [3.63, 3.8) is 0 Å². The van der Waals surface area contributed by atoms with Crippen molar-refractivity contribution in [2.24, 2.45) is 10.5 Å². The van der Waals surface area contributed by atoms with Crippen molar-refractivity contribution in [2.45, 2.75) is 25.6 Å². The van der Waals surface area contributed by atoms with Gasteiger partial charge in [0.25, 0.3) is 5.91 Å². The fourth-order valence-electron chi connectivity index (χ4n) is 4.86. The molecular weight excluding hydrogens is 395 g/mol. The number of fused-ring (bicyclic) bond motifs is 4. The van der Waals surface area contributed by atoms with Crippen molar-refractivity contribution in [3.8, 4) is 0 Å². The summed E-state index contributed by atoms with van der Waals surface area (Å²) in [5, 5.41) is 5.92. The van der Waals surface area contributed by atoms with Crippen molar-refractivity contribution < 1.29 is 22.7 Å². The molecule has 0 N–H and O–H groups in total. The van der Waals surface area contributed by atoms with Gasteiger partial charge >= 0.3 is 6.18 Å². The first kappa shape index (κ1) is 19.1. The molecule has 30 heavy (non-hydrogen) atoms. The fraction of sp³-hybridized carbons (Fsp3) is 0.364. The van der Waals surface area contributed by atoms with Crippen molar-refractivity contribution in [1.29, 1.82) is 0 Å². The van der Waals surface area contributed by atoms with Gasteiger partial charge in [0, 0.05) is 12.2 Å². The van der Waals surface area contributed by atoms with Crippen molar-refractivity contribution >= 4 is 23.0 Å². The first-order chi connectivity index (χ1) is 14.3. The van der Waals surface area contributed by atoms with Crippen LogP contribution in [0.15, 0.2) is 53.6 Å². The van der Waals surface area contributed by atoms with Crippen LogP contribution in [0.25, 0.3) is 0 Å². The minimum absolute atomic E-state index is 0.161. The Balaban J connectivity index is 1.64. The third-order valence-electron chi connectivity index (χ3n) is 6.35. The van der Waals surface area contributed by atoms with Crippen LogP contribution in [-0.2, 0) is 22.1 Å². The second-order valence-corrected chi connectivity index (χ2v) is 7.91. The average molecular weight is 415 g/mol. The zero-order chi connectivity index (χ0) is 21.1. The summed E-state index contributed by atoms with van der Waals surface area (Å²) in [5.41, 5.74) is 0.717. The van der Waals surface area contributed by atoms with E-state index in [1.807, 2.05) is 23.1 Å². The molecule has 2 aromatic carbocycles. The molecule has 5 rings (SSSR count). The van der Waals surface area contributed by atoms with Crippen LogP contribution >= 0.6 is 0 Å². The predicted octanol–water partition coefficient (Wildman–Crippen LogP) is 3.88. The number of halogens is 3. The smallest absolute Gasteiger partial charge is 0.377 e. The topological polar surface area (TPSA) is 45.1 Å². The number of hydrazone groups is 1. The number of carbonyl (C=O) groups excluding carboxylic acids is 1. The largest absolute Gasteiger partial charge is 0.416 e. The number of rotatable bonds is 1. The van der Waals surface area contributed by atoms with Crippen LogP contribution in [0.5, 0.6) is 0 Å². The van der Waals surface area contributed by atoms with Crippen molar-refractivity contribution in [1.82, 2.24) is 0 Å². The first-order valence-electron chi connectivity index (χ1n) is 9.82. The van der Waals surface area contributed by atoms with E-state index in [4.69, 9.17) is 4.74 Å². The summed E-state index contributed by atoms with van der Waals surface area (Å²) < 4.78 is 45.8. The van der Waals surface area contributed by atoms with E-state index >= 15 is 0 Å². The number of benzene rings is 2. The van der Waals surface area contributed by atoms with E-state index in [0.717, 1.165) is 11.8 Å². The predicted molar refractivity (Wildman–Crippen MR) is 107 cm³/mol. The minimum Gasteiger partial charge on any atom is -0.377 e. The molecular formula is C22H20F3N3O2. The van der Waals surface area contributed by atoms with Crippen LogP contribution in [0, 0.1) is 5.41 Å². The average Bonchev–Trinajstić information content (AvgIpc) is 2.99. The Morgan fingerprint density at radius 1 is 1.17 bits per heavy atom. The zero-order valence-electron chi connectivity index (χ0n) is 16.3. The molecule has 2 aromatic rings. The number of ether oxygens (including phenoxy) is 1. The number of carbonyl (C=O) groups is 1. The Morgan fingerprint density at radius 2 is 1.93 bits per heavy atom. The summed E-state index contributed by atoms with van der Waals surface area (Å²) in [5.74, 6) is -0.227. The van der Waals surface area contributed by atoms with Gasteiger partial charge in [0.1, 0.15) is 5.41 Å². The van der Waals surface area contributed by atoms with Gasteiger partial charge in [-0.3, -0.25) is 4.79 Å². The van der Waals surface area contributed by atoms with E-state index in [1.165, 1.54) is 17.1 Å². The molecule has 0 aliphatic carbocycles. The molecule has 0 aromatic heterocycles. The van der Waals surface area contributed by atoms with E-state index in [2.05, 4.69) is 5.10 Å². The molecule has 3 heterocycles. The number of amides is 1. The maximum atomic E-state index is 13.7. The van der Waals surface area contributed by atoms with E-state index < -0.39 is 17.2 Å². The molecule has 1 amide bonds. The second-order valence-electron chi connectivity index (χ2n) is 7.91. The lowest BCUT2D eigenvalue weighted by Gasteiger charge is -2.50. The molecule has 1 saturated heterocycles. The van der Waals surface area contributed by atoms with Gasteiger partial charge in [0.2, 0.25) is 0 Å². The quantitative estimate of drug-likeness (QED) is 0.710. The van der Waals surface area contributed by atoms with E-state index in [1.54, 1.807) is 19.1 Å². The third-order valence-corrected chi connectivity index (χ3v) is 6.35. The molecule has 5 nitrogen and oxygen atoms in total. The second kappa shape index (κ2) is 6.57. The summed E-state index contributed by atoms with van der Waals surface area (Å²) >= 11 is 0. The van der Waals surface area contributed by atoms with Crippen molar-refractivity contribution in [3.05, 3.63) is 59.7 Å². The molecule has 0 radical (unpaired) electrons. The highest BCUT2D eigenvalue weighted by atomic mass is 19.4. The highest BCUT2D eigenvalue weighted by Gasteiger charge is 2.59. The van der Waals surface area contributed by atoms with Crippen LogP contribution < -0.4 is 9.91 Å². The van der Waals surface area contributed by atoms with Crippen LogP contribution in [0.1, 0.15) is 18.1 Å². The standard InChI is InChI=1S/C22H20F3N3O2/c1-14-21(20(29)28(26-14)17-5-3-2-4-6-17)12-15-11-16(22(23,24)25)7-8-18(15)27-9-10-30-13-19(21)27/h2-8,11,19H,9-10,12-13H2,1H3/t19-,21+/m1/s1. The molecule has 1 fully saturated rings. The fourth-order valence-corrected chi connectivity index (χ4v) is 4.86. The SMILES string of the molecule is CC1=NN(c2ccccc2)C(=O)[C@@]12Cc1cc(C(F)(F)F)ccc1N1CCOC[C@@H]12. The molecule has 2 atom stereocenters. The van der Waals surface area contributed by atoms with Crippen molar-refractivity contribution in [2.75, 3.05) is 29.7 Å². The lowest BCUT2D eigenvalue weighted by molar-refractivity contribution is -0.137. The Bertz CT molecular complexity index is 1040. The van der Waals surface area contributed by atoms with Gasteiger partial charge in [0.15, 0.2) is 0 Å². The van der Waals surface area contributed by atoms with Gasteiger partial charge in [-0.2, -0.15) is 23.3 Å². The molecule has 1 spiro atoms. The van der Waals surface area contributed by atoms with Crippen LogP contribution in [-0.4, -0.2) is 37.4 Å². The number of nitrogens with zero attached hydrogens (tertiary/aromatic N) is 3. The number of para-hydroxylation sites is 1. The third kappa shape index (κ3) is 2.66. The monoisotopic (exact) mass is 415 g/mol. The van der Waals surface area contributed by atoms with Gasteiger partial charge in [-0.1, -0.05) is 18.2 Å². The zero-order valence-corrected chi connectivity index (χ0v) is 16.3. The lowest BCUT2D eigenvalue weighted by atomic mass is 9.67. The number of hydrogen-bond donors (Lipinski definition) is 0. The van der Waals surface area contributed by atoms with E-state index in [0.29, 0.717) is 36.7 Å². The molecule has 0 saturated carbocycles. The summed E-state index contributed by atoms with van der Waals surface area (Å²) in [6.45, 7) is 3.07. The Kier molecular flexibility index (Phi) is 4.18. The molecule has 156 valence electrons. The lowest BCUT2D eigenvalue weighted by Crippen LogP contribution is -2.64. The molecule has 3 aliphatic rings. The summed E-state index contributed by atoms with van der Waals surface area (Å²) in [7, 11) is 0. The molecule has 3 aliphatic heterocycles. The summed E-state index contributed by atoms with van der Waals surface area (Å²) in [6, 6.07) is 12.6. The maximum Gasteiger partial charge on any atom is 0.416 e. The van der Waals surface area contributed by atoms with Crippen LogP contribution in [0.4, 0.5) is 24.5 Å². The van der Waals surface area contributed by atoms with Gasteiger partial charge in [-0.05, 0) is 49.2 Å². The number of hydrogen-bond acceptors (Lipinski definition) is 4. The number of morpholine rings is 1. The van der Waals surface area contributed by atoms with Gasteiger partial charge in [-0.15, -0.1) is 0 Å². The Hall–Kier alpha value is -2.87. The van der Waals surface area contributed by atoms with Gasteiger partial charge in [0.05, 0.1) is 36.2 Å². The highest BCUT2D eigenvalue weighted by molar-refractivity contribution is 6.20. The van der Waals surface area contributed by atoms with E-state index in [-0.39, 0.29) is 18.4 Å². The van der Waals surface area contributed by atoms with Crippen LogP contribution in [0.3, 0.4) is 0 Å². The van der Waals surface area contributed by atoms with Gasteiger partial charge < -0.3 is 9.64 Å².